The number of aliphatic imine (C=N–C) groups is 1. The van der Waals surface area contributed by atoms with E-state index in [2.05, 4.69) is 23.6 Å². The molecule has 0 aromatic heterocycles. The molecule has 2 N–H and O–H groups in total. The lowest BCUT2D eigenvalue weighted by atomic mass is 10.1. The van der Waals surface area contributed by atoms with Crippen LogP contribution in [-0.2, 0) is 9.47 Å². The smallest absolute Gasteiger partial charge is 0.340 e. The summed E-state index contributed by atoms with van der Waals surface area (Å²) in [5, 5.41) is 0. The topological polar surface area (TPSA) is 113 Å². The van der Waals surface area contributed by atoms with Crippen LogP contribution < -0.4 is 15.2 Å². The van der Waals surface area contributed by atoms with Gasteiger partial charge in [0.2, 0.25) is 0 Å². The number of ether oxygens (including phenoxy) is 4. The number of esters is 2. The van der Waals surface area contributed by atoms with Crippen LogP contribution in [0.15, 0.2) is 41.4 Å². The molecule has 0 unspecified atom stereocenters. The highest BCUT2D eigenvalue weighted by Crippen LogP contribution is 2.26. The van der Waals surface area contributed by atoms with Crippen LogP contribution in [0.25, 0.3) is 0 Å². The molecule has 2 aromatic rings. The summed E-state index contributed by atoms with van der Waals surface area (Å²) in [4.78, 5) is 29.0. The van der Waals surface area contributed by atoms with Crippen molar-refractivity contribution in [3.05, 3.63) is 47.5 Å². The van der Waals surface area contributed by atoms with Gasteiger partial charge in [0, 0.05) is 31.9 Å². The maximum Gasteiger partial charge on any atom is 0.340 e. The SMILES string of the molecule is CCCCOc1ccc(C(=O)OC)c(/N=C/N(C)C)c1.CCCCOc1ccc(C(=O)OC)c(N)c1. The number of nitrogens with two attached hydrogens (primary N) is 1. The standard InChI is InChI=1S/C15H22N2O3.C12H17NO3/c1-5-6-9-20-12-7-8-13(15(18)19-4)14(10-12)16-11-17(2)3;1-3-4-7-16-9-5-6-10(11(13)8-9)12(14)15-2/h7-8,10-11H,5-6,9H2,1-4H3;5-6,8H,3-4,7,13H2,1-2H3/b16-11+;. The van der Waals surface area contributed by atoms with Crippen molar-refractivity contribution in [2.24, 2.45) is 4.99 Å². The number of carbonyl (C=O) groups is 2. The fourth-order valence-electron chi connectivity index (χ4n) is 2.76. The largest absolute Gasteiger partial charge is 0.494 e. The lowest BCUT2D eigenvalue weighted by Crippen LogP contribution is -2.08. The summed E-state index contributed by atoms with van der Waals surface area (Å²) in [5.74, 6) is 0.546. The molecule has 0 saturated carbocycles. The molecule has 2 rings (SSSR count). The van der Waals surface area contributed by atoms with E-state index in [0.29, 0.717) is 47.2 Å². The molecule has 9 nitrogen and oxygen atoms in total. The van der Waals surface area contributed by atoms with E-state index < -0.39 is 11.9 Å². The molecule has 0 radical (unpaired) electrons. The Morgan fingerprint density at radius 1 is 0.861 bits per heavy atom. The van der Waals surface area contributed by atoms with Crippen LogP contribution in [0.2, 0.25) is 0 Å². The number of nitrogens with zero attached hydrogens (tertiary/aromatic N) is 2. The number of hydrogen-bond donors (Lipinski definition) is 1. The van der Waals surface area contributed by atoms with Crippen molar-refractivity contribution in [3.63, 3.8) is 0 Å². The van der Waals surface area contributed by atoms with Gasteiger partial charge in [-0.1, -0.05) is 26.7 Å². The van der Waals surface area contributed by atoms with Crippen molar-refractivity contribution in [1.82, 2.24) is 4.90 Å². The molecule has 0 amide bonds. The Bertz CT molecular complexity index is 991. The molecule has 0 spiro atoms. The number of unbranched alkanes of at least 4 members (excludes halogenated alkanes) is 2. The summed E-state index contributed by atoms with van der Waals surface area (Å²) >= 11 is 0. The molecular formula is C27H39N3O6. The van der Waals surface area contributed by atoms with E-state index in [1.54, 1.807) is 47.6 Å². The second-order valence-electron chi connectivity index (χ2n) is 8.02. The van der Waals surface area contributed by atoms with Crippen LogP contribution in [0, 0.1) is 0 Å². The average Bonchev–Trinajstić information content (AvgIpc) is 2.87. The predicted octanol–water partition coefficient (Wildman–Crippen LogP) is 5.11. The Morgan fingerprint density at radius 2 is 1.36 bits per heavy atom. The minimum Gasteiger partial charge on any atom is -0.494 e. The molecule has 0 fully saturated rings. The molecule has 0 aliphatic rings. The first-order chi connectivity index (χ1) is 17.3. The van der Waals surface area contributed by atoms with Gasteiger partial charge in [-0.05, 0) is 37.1 Å². The number of hydrogen-bond acceptors (Lipinski definition) is 8. The maximum atomic E-state index is 11.7. The van der Waals surface area contributed by atoms with Gasteiger partial charge in [0.05, 0.1) is 50.6 Å². The fraction of sp³-hybridized carbons (Fsp3) is 0.444. The van der Waals surface area contributed by atoms with E-state index in [1.165, 1.54) is 14.2 Å². The second kappa shape index (κ2) is 16.8. The van der Waals surface area contributed by atoms with Crippen LogP contribution in [0.3, 0.4) is 0 Å². The third-order valence-electron chi connectivity index (χ3n) is 4.76. The quantitative estimate of drug-likeness (QED) is 0.140. The van der Waals surface area contributed by atoms with Gasteiger partial charge in [-0.3, -0.25) is 0 Å². The number of benzene rings is 2. The zero-order chi connectivity index (χ0) is 26.9. The summed E-state index contributed by atoms with van der Waals surface area (Å²) in [7, 11) is 6.41. The van der Waals surface area contributed by atoms with Gasteiger partial charge in [-0.15, -0.1) is 0 Å². The van der Waals surface area contributed by atoms with Gasteiger partial charge in [-0.25, -0.2) is 14.6 Å². The Balaban J connectivity index is 0.000000369. The highest BCUT2D eigenvalue weighted by atomic mass is 16.5. The molecule has 0 bridgehead atoms. The van der Waals surface area contributed by atoms with Gasteiger partial charge in [-0.2, -0.15) is 0 Å². The molecule has 2 aromatic carbocycles. The van der Waals surface area contributed by atoms with Crippen LogP contribution in [0.5, 0.6) is 11.5 Å². The van der Waals surface area contributed by atoms with Gasteiger partial charge in [0.15, 0.2) is 0 Å². The lowest BCUT2D eigenvalue weighted by Gasteiger charge is -2.10. The van der Waals surface area contributed by atoms with Crippen molar-refractivity contribution in [2.45, 2.75) is 39.5 Å². The summed E-state index contributed by atoms with van der Waals surface area (Å²) in [5.41, 5.74) is 7.43. The third-order valence-corrected chi connectivity index (χ3v) is 4.76. The highest BCUT2D eigenvalue weighted by Gasteiger charge is 2.12. The fourth-order valence-corrected chi connectivity index (χ4v) is 2.76. The van der Waals surface area contributed by atoms with Crippen molar-refractivity contribution in [1.29, 1.82) is 0 Å². The zero-order valence-electron chi connectivity index (χ0n) is 22.2. The molecule has 0 saturated heterocycles. The molecule has 36 heavy (non-hydrogen) atoms. The lowest BCUT2D eigenvalue weighted by molar-refractivity contribution is 0.0592. The summed E-state index contributed by atoms with van der Waals surface area (Å²) < 4.78 is 20.4. The van der Waals surface area contributed by atoms with E-state index in [4.69, 9.17) is 19.9 Å². The van der Waals surface area contributed by atoms with E-state index in [-0.39, 0.29) is 0 Å². The molecule has 198 valence electrons. The Kier molecular flexibility index (Phi) is 14.1. The Morgan fingerprint density at radius 3 is 1.83 bits per heavy atom. The van der Waals surface area contributed by atoms with Gasteiger partial charge in [0.25, 0.3) is 0 Å². The first kappa shape index (κ1) is 30.3. The van der Waals surface area contributed by atoms with E-state index in [9.17, 15) is 9.59 Å². The Labute approximate surface area is 214 Å². The number of carbonyl (C=O) groups excluding carboxylic acids is 2. The molecule has 0 heterocycles. The number of nitrogen functional groups attached to an aromatic ring is 1. The van der Waals surface area contributed by atoms with Gasteiger partial charge < -0.3 is 29.6 Å². The number of rotatable bonds is 12. The first-order valence-corrected chi connectivity index (χ1v) is 11.9. The van der Waals surface area contributed by atoms with E-state index in [1.807, 2.05) is 14.1 Å². The van der Waals surface area contributed by atoms with Crippen molar-refractivity contribution in [3.8, 4) is 11.5 Å². The molecule has 0 atom stereocenters. The molecule has 0 aliphatic heterocycles. The monoisotopic (exact) mass is 501 g/mol. The molecule has 0 aliphatic carbocycles. The summed E-state index contributed by atoms with van der Waals surface area (Å²) in [6.07, 6.45) is 5.78. The van der Waals surface area contributed by atoms with Crippen LogP contribution >= 0.6 is 0 Å². The first-order valence-electron chi connectivity index (χ1n) is 11.9. The Hall–Kier alpha value is -3.75. The molecule has 9 heteroatoms. The minimum absolute atomic E-state index is 0.366. The molecular weight excluding hydrogens is 462 g/mol. The maximum absolute atomic E-state index is 11.7. The predicted molar refractivity (Wildman–Crippen MR) is 143 cm³/mol. The van der Waals surface area contributed by atoms with Crippen molar-refractivity contribution >= 4 is 29.7 Å². The van der Waals surface area contributed by atoms with Gasteiger partial charge in [0.1, 0.15) is 11.5 Å². The van der Waals surface area contributed by atoms with Crippen LogP contribution in [0.1, 0.15) is 60.2 Å². The highest BCUT2D eigenvalue weighted by molar-refractivity contribution is 5.96. The third kappa shape index (κ3) is 10.7. The van der Waals surface area contributed by atoms with E-state index >= 15 is 0 Å². The van der Waals surface area contributed by atoms with Crippen molar-refractivity contribution < 1.29 is 28.5 Å². The number of methoxy groups -OCH3 is 2. The summed E-state index contributed by atoms with van der Waals surface area (Å²) in [6, 6.07) is 10.2. The second-order valence-corrected chi connectivity index (χ2v) is 8.02. The normalized spacial score (nSPS) is 10.3. The van der Waals surface area contributed by atoms with Crippen molar-refractivity contribution in [2.75, 3.05) is 47.3 Å². The number of anilines is 1. The van der Waals surface area contributed by atoms with Gasteiger partial charge >= 0.3 is 11.9 Å². The van der Waals surface area contributed by atoms with Crippen LogP contribution in [0.4, 0.5) is 11.4 Å². The summed E-state index contributed by atoms with van der Waals surface area (Å²) in [6.45, 7) is 5.52. The average molecular weight is 502 g/mol. The van der Waals surface area contributed by atoms with E-state index in [0.717, 1.165) is 25.7 Å². The zero-order valence-corrected chi connectivity index (χ0v) is 22.2. The van der Waals surface area contributed by atoms with Crippen LogP contribution in [-0.4, -0.2) is 64.7 Å². The minimum atomic E-state index is -0.433.